The van der Waals surface area contributed by atoms with Crippen LogP contribution in [0.1, 0.15) is 11.8 Å². The van der Waals surface area contributed by atoms with Gasteiger partial charge >= 0.3 is 5.69 Å². The van der Waals surface area contributed by atoms with Gasteiger partial charge in [0.05, 0.1) is 24.0 Å². The minimum Gasteiger partial charge on any atom is -0.494 e. The summed E-state index contributed by atoms with van der Waals surface area (Å²) >= 11 is 1.58. The van der Waals surface area contributed by atoms with Crippen LogP contribution in [-0.2, 0) is 0 Å². The molecule has 8 nitrogen and oxygen atoms in total. The predicted octanol–water partition coefficient (Wildman–Crippen LogP) is 5.73. The first-order valence-electron chi connectivity index (χ1n) is 9.58. The van der Waals surface area contributed by atoms with Crippen molar-refractivity contribution in [2.24, 2.45) is 0 Å². The molecule has 9 heteroatoms. The number of rotatable bonds is 7. The van der Waals surface area contributed by atoms with Crippen LogP contribution >= 0.6 is 11.3 Å². The number of aryl methyl sites for hydroxylation is 1. The molecule has 2 aromatic carbocycles. The van der Waals surface area contributed by atoms with E-state index >= 15 is 0 Å². The van der Waals surface area contributed by atoms with Crippen LogP contribution in [0.3, 0.4) is 0 Å². The number of anilines is 2. The standard InChI is InChI=1S/C22H20N4O4S/c1-4-30-16-8-5-14(6-9-16)19-13(2)31-22-20(19)21(23-12-24-22)25-15-7-10-18(29-3)17(11-15)26(27)28/h5-12H,4H2,1-3H3,(H,23,24,25). The Balaban J connectivity index is 1.79. The average molecular weight is 436 g/mol. The minimum absolute atomic E-state index is 0.119. The highest BCUT2D eigenvalue weighted by Gasteiger charge is 2.19. The third kappa shape index (κ3) is 3.99. The van der Waals surface area contributed by atoms with Crippen LogP contribution in [0, 0.1) is 17.0 Å². The summed E-state index contributed by atoms with van der Waals surface area (Å²) in [7, 11) is 1.40. The fourth-order valence-electron chi connectivity index (χ4n) is 3.42. The van der Waals surface area contributed by atoms with E-state index in [1.165, 1.54) is 19.5 Å². The van der Waals surface area contributed by atoms with Crippen molar-refractivity contribution in [1.29, 1.82) is 0 Å². The molecule has 0 saturated carbocycles. The number of thiophene rings is 1. The van der Waals surface area contributed by atoms with Gasteiger partial charge in [-0.1, -0.05) is 12.1 Å². The van der Waals surface area contributed by atoms with E-state index in [1.54, 1.807) is 23.5 Å². The van der Waals surface area contributed by atoms with Gasteiger partial charge in [0.2, 0.25) is 0 Å². The molecule has 0 bridgehead atoms. The number of nitro groups is 1. The molecule has 0 spiro atoms. The van der Waals surface area contributed by atoms with Crippen LogP contribution in [0.4, 0.5) is 17.2 Å². The number of aromatic nitrogens is 2. The lowest BCUT2D eigenvalue weighted by Crippen LogP contribution is -1.98. The Morgan fingerprint density at radius 3 is 2.61 bits per heavy atom. The molecule has 0 aliphatic carbocycles. The number of nitro benzene ring substituents is 1. The lowest BCUT2D eigenvalue weighted by atomic mass is 10.0. The van der Waals surface area contributed by atoms with Crippen molar-refractivity contribution in [3.8, 4) is 22.6 Å². The third-order valence-electron chi connectivity index (χ3n) is 4.76. The second-order valence-corrected chi connectivity index (χ2v) is 7.86. The number of benzene rings is 2. The molecule has 0 radical (unpaired) electrons. The molecular weight excluding hydrogens is 416 g/mol. The number of methoxy groups -OCH3 is 1. The molecule has 4 rings (SSSR count). The van der Waals surface area contributed by atoms with Gasteiger partial charge in [-0.2, -0.15) is 0 Å². The molecule has 0 amide bonds. The van der Waals surface area contributed by atoms with E-state index in [0.29, 0.717) is 18.1 Å². The van der Waals surface area contributed by atoms with E-state index in [9.17, 15) is 10.1 Å². The van der Waals surface area contributed by atoms with E-state index in [2.05, 4.69) is 15.3 Å². The van der Waals surface area contributed by atoms with Crippen LogP contribution < -0.4 is 14.8 Å². The number of nitrogens with one attached hydrogen (secondary N) is 1. The number of nitrogens with zero attached hydrogens (tertiary/aromatic N) is 3. The fourth-order valence-corrected chi connectivity index (χ4v) is 4.43. The molecule has 0 aliphatic rings. The van der Waals surface area contributed by atoms with Crippen LogP contribution in [0.5, 0.6) is 11.5 Å². The van der Waals surface area contributed by atoms with Crippen molar-refractivity contribution in [3.05, 3.63) is 63.8 Å². The largest absolute Gasteiger partial charge is 0.494 e. The van der Waals surface area contributed by atoms with Gasteiger partial charge in [0.1, 0.15) is 22.7 Å². The van der Waals surface area contributed by atoms with Crippen LogP contribution in [0.2, 0.25) is 0 Å². The Morgan fingerprint density at radius 1 is 1.16 bits per heavy atom. The van der Waals surface area contributed by atoms with Gasteiger partial charge in [0.25, 0.3) is 0 Å². The van der Waals surface area contributed by atoms with Gasteiger partial charge in [-0.15, -0.1) is 11.3 Å². The van der Waals surface area contributed by atoms with Gasteiger partial charge in [-0.25, -0.2) is 9.97 Å². The summed E-state index contributed by atoms with van der Waals surface area (Å²) in [6.07, 6.45) is 1.49. The minimum atomic E-state index is -0.473. The summed E-state index contributed by atoms with van der Waals surface area (Å²) in [5.74, 6) is 1.59. The topological polar surface area (TPSA) is 99.4 Å². The van der Waals surface area contributed by atoms with Crippen LogP contribution in [-0.4, -0.2) is 28.6 Å². The van der Waals surface area contributed by atoms with E-state index in [0.717, 1.165) is 32.0 Å². The molecule has 0 fully saturated rings. The Bertz CT molecular complexity index is 1250. The molecule has 4 aromatic rings. The maximum Gasteiger partial charge on any atom is 0.312 e. The summed E-state index contributed by atoms with van der Waals surface area (Å²) in [6.45, 7) is 4.60. The van der Waals surface area contributed by atoms with Gasteiger partial charge in [0.15, 0.2) is 5.75 Å². The first-order chi connectivity index (χ1) is 15.0. The molecule has 0 saturated heterocycles. The predicted molar refractivity (Wildman–Crippen MR) is 122 cm³/mol. The maximum atomic E-state index is 11.4. The smallest absolute Gasteiger partial charge is 0.312 e. The van der Waals surface area contributed by atoms with Gasteiger partial charge in [0, 0.05) is 22.2 Å². The van der Waals surface area contributed by atoms with Crippen LogP contribution in [0.15, 0.2) is 48.8 Å². The van der Waals surface area contributed by atoms with Gasteiger partial charge in [-0.3, -0.25) is 10.1 Å². The van der Waals surface area contributed by atoms with Gasteiger partial charge < -0.3 is 14.8 Å². The zero-order valence-electron chi connectivity index (χ0n) is 17.2. The van der Waals surface area contributed by atoms with Crippen molar-refractivity contribution in [2.75, 3.05) is 19.0 Å². The van der Waals surface area contributed by atoms with E-state index < -0.39 is 4.92 Å². The number of hydrogen-bond donors (Lipinski definition) is 1. The van der Waals surface area contributed by atoms with E-state index in [-0.39, 0.29) is 11.4 Å². The Kier molecular flexibility index (Phi) is 5.68. The highest BCUT2D eigenvalue weighted by molar-refractivity contribution is 7.19. The van der Waals surface area contributed by atoms with Gasteiger partial charge in [-0.05, 0) is 43.7 Å². The van der Waals surface area contributed by atoms with E-state index in [1.807, 2.05) is 38.1 Å². The summed E-state index contributed by atoms with van der Waals surface area (Å²) < 4.78 is 10.6. The maximum absolute atomic E-state index is 11.4. The molecule has 158 valence electrons. The summed E-state index contributed by atoms with van der Waals surface area (Å²) in [4.78, 5) is 21.7. The number of hydrogen-bond acceptors (Lipinski definition) is 8. The Morgan fingerprint density at radius 2 is 1.94 bits per heavy atom. The van der Waals surface area contributed by atoms with E-state index in [4.69, 9.17) is 9.47 Å². The molecule has 1 N–H and O–H groups in total. The molecule has 0 atom stereocenters. The quantitative estimate of drug-likeness (QED) is 0.292. The summed E-state index contributed by atoms with van der Waals surface area (Å²) in [5, 5.41) is 15.5. The molecule has 2 heterocycles. The summed E-state index contributed by atoms with van der Waals surface area (Å²) in [5.41, 5.74) is 2.46. The summed E-state index contributed by atoms with van der Waals surface area (Å²) in [6, 6.07) is 12.6. The fraction of sp³-hybridized carbons (Fsp3) is 0.182. The van der Waals surface area contributed by atoms with Crippen molar-refractivity contribution >= 4 is 38.7 Å². The van der Waals surface area contributed by atoms with Crippen molar-refractivity contribution < 1.29 is 14.4 Å². The Hall–Kier alpha value is -3.72. The molecule has 2 aromatic heterocycles. The highest BCUT2D eigenvalue weighted by Crippen LogP contribution is 2.42. The lowest BCUT2D eigenvalue weighted by molar-refractivity contribution is -0.385. The molecule has 31 heavy (non-hydrogen) atoms. The zero-order chi connectivity index (χ0) is 22.0. The van der Waals surface area contributed by atoms with Crippen LogP contribution in [0.25, 0.3) is 21.3 Å². The third-order valence-corrected chi connectivity index (χ3v) is 5.77. The monoisotopic (exact) mass is 436 g/mol. The van der Waals surface area contributed by atoms with Crippen molar-refractivity contribution in [1.82, 2.24) is 9.97 Å². The highest BCUT2D eigenvalue weighted by atomic mass is 32.1. The number of fused-ring (bicyclic) bond motifs is 1. The SMILES string of the molecule is CCOc1ccc(-c2c(C)sc3ncnc(Nc4ccc(OC)c([N+](=O)[O-])c4)c23)cc1. The lowest BCUT2D eigenvalue weighted by Gasteiger charge is -2.10. The first kappa shape index (κ1) is 20.5. The zero-order valence-corrected chi connectivity index (χ0v) is 18.0. The second-order valence-electron chi connectivity index (χ2n) is 6.66. The van der Waals surface area contributed by atoms with Crippen molar-refractivity contribution in [3.63, 3.8) is 0 Å². The second kappa shape index (κ2) is 8.57. The molecular formula is C22H20N4O4S. The molecule has 0 aliphatic heterocycles. The number of ether oxygens (including phenoxy) is 2. The Labute approximate surface area is 182 Å². The average Bonchev–Trinajstić information content (AvgIpc) is 3.11. The first-order valence-corrected chi connectivity index (χ1v) is 10.4. The normalized spacial score (nSPS) is 10.8. The van der Waals surface area contributed by atoms with Crippen molar-refractivity contribution in [2.45, 2.75) is 13.8 Å². The molecule has 0 unspecified atom stereocenters.